The molecule has 2 rings (SSSR count). The van der Waals surface area contributed by atoms with E-state index in [1.54, 1.807) is 18.4 Å². The molecule has 0 amide bonds. The fraction of sp³-hybridized carbons (Fsp3) is 0.167. The van der Waals surface area contributed by atoms with E-state index in [0.717, 1.165) is 15.8 Å². The number of ether oxygens (including phenoxy) is 1. The summed E-state index contributed by atoms with van der Waals surface area (Å²) in [5.74, 6) is 0.862. The summed E-state index contributed by atoms with van der Waals surface area (Å²) in [6, 6.07) is 10.1. The van der Waals surface area contributed by atoms with Gasteiger partial charge in [-0.2, -0.15) is 0 Å². The summed E-state index contributed by atoms with van der Waals surface area (Å²) in [6.07, 6.45) is 0. The average molecular weight is 298 g/mol. The highest BCUT2D eigenvalue weighted by Gasteiger charge is 2.07. The Kier molecular flexibility index (Phi) is 3.63. The van der Waals surface area contributed by atoms with Crippen molar-refractivity contribution in [2.75, 3.05) is 7.11 Å². The number of rotatable bonds is 3. The second kappa shape index (κ2) is 4.99. The van der Waals surface area contributed by atoms with E-state index in [0.29, 0.717) is 6.54 Å². The molecule has 0 aliphatic carbocycles. The van der Waals surface area contributed by atoms with Crippen LogP contribution in [0.4, 0.5) is 0 Å². The van der Waals surface area contributed by atoms with Gasteiger partial charge in [0.25, 0.3) is 0 Å². The van der Waals surface area contributed by atoms with Gasteiger partial charge < -0.3 is 10.5 Å². The molecule has 0 atom stereocenters. The van der Waals surface area contributed by atoms with Crippen molar-refractivity contribution in [2.45, 2.75) is 6.54 Å². The molecule has 0 spiro atoms. The number of hydrogen-bond acceptors (Lipinski definition) is 3. The van der Waals surface area contributed by atoms with E-state index in [1.807, 2.05) is 18.2 Å². The lowest BCUT2D eigenvalue weighted by Crippen LogP contribution is -1.91. The molecule has 84 valence electrons. The van der Waals surface area contributed by atoms with Crippen molar-refractivity contribution >= 4 is 27.3 Å². The zero-order valence-electron chi connectivity index (χ0n) is 8.87. The molecule has 0 bridgehead atoms. The van der Waals surface area contributed by atoms with Crippen molar-refractivity contribution in [1.29, 1.82) is 0 Å². The van der Waals surface area contributed by atoms with Crippen LogP contribution in [0.5, 0.6) is 5.75 Å². The molecule has 1 aromatic heterocycles. The molecule has 16 heavy (non-hydrogen) atoms. The second-order valence-electron chi connectivity index (χ2n) is 3.32. The molecule has 2 nitrogen and oxygen atoms in total. The van der Waals surface area contributed by atoms with Crippen LogP contribution in [0, 0.1) is 0 Å². The van der Waals surface area contributed by atoms with Crippen molar-refractivity contribution in [1.82, 2.24) is 0 Å². The van der Waals surface area contributed by atoms with Crippen molar-refractivity contribution < 1.29 is 4.74 Å². The smallest absolute Gasteiger partial charge is 0.119 e. The maximum Gasteiger partial charge on any atom is 0.119 e. The van der Waals surface area contributed by atoms with E-state index in [1.165, 1.54) is 9.75 Å². The van der Waals surface area contributed by atoms with Crippen LogP contribution in [0.2, 0.25) is 0 Å². The van der Waals surface area contributed by atoms with Gasteiger partial charge in [0.05, 0.1) is 7.11 Å². The quantitative estimate of drug-likeness (QED) is 0.939. The first kappa shape index (κ1) is 11.6. The highest BCUT2D eigenvalue weighted by molar-refractivity contribution is 9.10. The van der Waals surface area contributed by atoms with Crippen LogP contribution < -0.4 is 10.5 Å². The Morgan fingerprint density at radius 3 is 2.75 bits per heavy atom. The van der Waals surface area contributed by atoms with Crippen LogP contribution in [0.1, 0.15) is 4.88 Å². The van der Waals surface area contributed by atoms with Gasteiger partial charge in [-0.1, -0.05) is 15.9 Å². The van der Waals surface area contributed by atoms with Gasteiger partial charge in [-0.05, 0) is 30.3 Å². The van der Waals surface area contributed by atoms with E-state index >= 15 is 0 Å². The van der Waals surface area contributed by atoms with Gasteiger partial charge in [0, 0.05) is 26.3 Å². The van der Waals surface area contributed by atoms with Gasteiger partial charge in [-0.15, -0.1) is 11.3 Å². The number of halogens is 1. The molecule has 1 aromatic carbocycles. The minimum absolute atomic E-state index is 0.590. The lowest BCUT2D eigenvalue weighted by Gasteiger charge is -2.05. The van der Waals surface area contributed by atoms with Crippen molar-refractivity contribution in [3.8, 4) is 16.2 Å². The highest BCUT2D eigenvalue weighted by atomic mass is 79.9. The van der Waals surface area contributed by atoms with E-state index < -0.39 is 0 Å². The fourth-order valence-corrected chi connectivity index (χ4v) is 2.96. The summed E-state index contributed by atoms with van der Waals surface area (Å²) in [5, 5.41) is 0. The number of nitrogens with two attached hydrogens (primary N) is 1. The topological polar surface area (TPSA) is 35.2 Å². The summed E-state index contributed by atoms with van der Waals surface area (Å²) in [6.45, 7) is 0.590. The molecular formula is C12H12BrNOS. The largest absolute Gasteiger partial charge is 0.497 e. The van der Waals surface area contributed by atoms with Crippen LogP contribution in [-0.2, 0) is 6.54 Å². The van der Waals surface area contributed by atoms with Crippen LogP contribution in [0.15, 0.2) is 34.8 Å². The summed E-state index contributed by atoms with van der Waals surface area (Å²) in [4.78, 5) is 2.39. The number of thiophene rings is 1. The molecule has 2 aromatic rings. The third kappa shape index (κ3) is 2.29. The molecule has 0 saturated heterocycles. The van der Waals surface area contributed by atoms with Crippen molar-refractivity contribution in [3.63, 3.8) is 0 Å². The Morgan fingerprint density at radius 2 is 2.12 bits per heavy atom. The molecule has 0 radical (unpaired) electrons. The maximum absolute atomic E-state index is 5.61. The minimum atomic E-state index is 0.590. The van der Waals surface area contributed by atoms with Crippen LogP contribution in [-0.4, -0.2) is 7.11 Å². The SMILES string of the molecule is COc1ccc(Br)c(-c2ccc(CN)s2)c1. The molecule has 0 unspecified atom stereocenters. The first-order valence-electron chi connectivity index (χ1n) is 4.87. The fourth-order valence-electron chi connectivity index (χ4n) is 1.45. The highest BCUT2D eigenvalue weighted by Crippen LogP contribution is 2.35. The van der Waals surface area contributed by atoms with Gasteiger partial charge in [-0.25, -0.2) is 0 Å². The molecule has 4 heteroatoms. The Balaban J connectivity index is 2.45. The molecule has 0 aliphatic heterocycles. The van der Waals surface area contributed by atoms with Gasteiger partial charge in [0.15, 0.2) is 0 Å². The first-order valence-corrected chi connectivity index (χ1v) is 6.48. The van der Waals surface area contributed by atoms with Gasteiger partial charge in [0.1, 0.15) is 5.75 Å². The van der Waals surface area contributed by atoms with E-state index in [9.17, 15) is 0 Å². The lowest BCUT2D eigenvalue weighted by molar-refractivity contribution is 0.415. The average Bonchev–Trinajstić information content (AvgIpc) is 2.78. The third-order valence-corrected chi connectivity index (χ3v) is 4.13. The predicted octanol–water partition coefficient (Wildman–Crippen LogP) is 3.64. The summed E-state index contributed by atoms with van der Waals surface area (Å²) in [7, 11) is 1.67. The van der Waals surface area contributed by atoms with Gasteiger partial charge in [-0.3, -0.25) is 0 Å². The van der Waals surface area contributed by atoms with Crippen LogP contribution >= 0.6 is 27.3 Å². The standard InChI is InChI=1S/C12H12BrNOS/c1-15-8-2-4-11(13)10(6-8)12-5-3-9(7-14)16-12/h2-6H,7,14H2,1H3. The Bertz CT molecular complexity index is 496. The Hall–Kier alpha value is -0.840. The number of benzene rings is 1. The van der Waals surface area contributed by atoms with Crippen molar-refractivity contribution in [2.24, 2.45) is 5.73 Å². The van der Waals surface area contributed by atoms with Gasteiger partial charge in [0.2, 0.25) is 0 Å². The number of hydrogen-bond donors (Lipinski definition) is 1. The normalized spacial score (nSPS) is 10.4. The summed E-state index contributed by atoms with van der Waals surface area (Å²) in [5.41, 5.74) is 6.75. The second-order valence-corrected chi connectivity index (χ2v) is 5.34. The molecule has 0 fully saturated rings. The Labute approximate surface area is 107 Å². The molecular weight excluding hydrogens is 286 g/mol. The lowest BCUT2D eigenvalue weighted by atomic mass is 10.2. The van der Waals surface area contributed by atoms with E-state index in [4.69, 9.17) is 10.5 Å². The van der Waals surface area contributed by atoms with Crippen LogP contribution in [0.3, 0.4) is 0 Å². The van der Waals surface area contributed by atoms with Crippen LogP contribution in [0.25, 0.3) is 10.4 Å². The summed E-state index contributed by atoms with van der Waals surface area (Å²) >= 11 is 5.26. The Morgan fingerprint density at radius 1 is 1.31 bits per heavy atom. The van der Waals surface area contributed by atoms with Crippen molar-refractivity contribution in [3.05, 3.63) is 39.7 Å². The van der Waals surface area contributed by atoms with Gasteiger partial charge >= 0.3 is 0 Å². The monoisotopic (exact) mass is 297 g/mol. The molecule has 0 saturated carbocycles. The number of methoxy groups -OCH3 is 1. The summed E-state index contributed by atoms with van der Waals surface area (Å²) < 4.78 is 6.29. The minimum Gasteiger partial charge on any atom is -0.497 e. The molecule has 2 N–H and O–H groups in total. The predicted molar refractivity (Wildman–Crippen MR) is 71.9 cm³/mol. The van der Waals surface area contributed by atoms with E-state index in [-0.39, 0.29) is 0 Å². The maximum atomic E-state index is 5.61. The first-order chi connectivity index (χ1) is 7.74. The molecule has 1 heterocycles. The zero-order chi connectivity index (χ0) is 11.5. The third-order valence-electron chi connectivity index (χ3n) is 2.30. The van der Waals surface area contributed by atoms with E-state index in [2.05, 4.69) is 28.1 Å². The zero-order valence-corrected chi connectivity index (χ0v) is 11.3. The molecule has 0 aliphatic rings.